The molecule has 124 valence electrons. The topological polar surface area (TPSA) is 16.1 Å². The standard InChI is InChI=1S/C24H18N2/c1-3-8-18(9-4-1)22-16-15-19-13-14-20-10-7-17-26(24(20)23(19)25-22)21-11-5-2-6-12-21/h1-16H,17H2. The first-order valence-corrected chi connectivity index (χ1v) is 8.88. The van der Waals surface area contributed by atoms with E-state index in [1.807, 2.05) is 6.07 Å². The zero-order valence-electron chi connectivity index (χ0n) is 14.3. The number of para-hydroxylation sites is 1. The molecule has 1 aromatic heterocycles. The number of pyridine rings is 1. The van der Waals surface area contributed by atoms with E-state index in [4.69, 9.17) is 4.98 Å². The zero-order chi connectivity index (χ0) is 17.3. The van der Waals surface area contributed by atoms with Gasteiger partial charge in [-0.25, -0.2) is 4.98 Å². The molecular weight excluding hydrogens is 316 g/mol. The van der Waals surface area contributed by atoms with Gasteiger partial charge in [-0.15, -0.1) is 0 Å². The number of rotatable bonds is 2. The Bertz CT molecular complexity index is 1100. The molecule has 0 fully saturated rings. The number of hydrogen-bond acceptors (Lipinski definition) is 2. The van der Waals surface area contributed by atoms with Crippen molar-refractivity contribution in [1.82, 2.24) is 4.98 Å². The lowest BCUT2D eigenvalue weighted by molar-refractivity contribution is 1.09. The molecule has 4 aromatic rings. The van der Waals surface area contributed by atoms with Crippen LogP contribution in [0.15, 0.2) is 91.0 Å². The third kappa shape index (κ3) is 2.47. The van der Waals surface area contributed by atoms with Crippen molar-refractivity contribution in [3.8, 4) is 11.3 Å². The lowest BCUT2D eigenvalue weighted by atomic mass is 10.0. The third-order valence-corrected chi connectivity index (χ3v) is 4.86. The Morgan fingerprint density at radius 1 is 0.731 bits per heavy atom. The van der Waals surface area contributed by atoms with E-state index >= 15 is 0 Å². The summed E-state index contributed by atoms with van der Waals surface area (Å²) in [6.45, 7) is 0.855. The monoisotopic (exact) mass is 334 g/mol. The average molecular weight is 334 g/mol. The Morgan fingerprint density at radius 2 is 1.46 bits per heavy atom. The quantitative estimate of drug-likeness (QED) is 0.442. The Kier molecular flexibility index (Phi) is 3.53. The van der Waals surface area contributed by atoms with Crippen LogP contribution in [0.2, 0.25) is 0 Å². The highest BCUT2D eigenvalue weighted by Crippen LogP contribution is 2.38. The van der Waals surface area contributed by atoms with Crippen molar-refractivity contribution in [2.45, 2.75) is 0 Å². The van der Waals surface area contributed by atoms with Gasteiger partial charge in [0.05, 0.1) is 16.9 Å². The summed E-state index contributed by atoms with van der Waals surface area (Å²) >= 11 is 0. The number of nitrogens with zero attached hydrogens (tertiary/aromatic N) is 2. The summed E-state index contributed by atoms with van der Waals surface area (Å²) in [5.74, 6) is 0. The van der Waals surface area contributed by atoms with Crippen LogP contribution in [0, 0.1) is 0 Å². The average Bonchev–Trinajstić information content (AvgIpc) is 2.74. The summed E-state index contributed by atoms with van der Waals surface area (Å²) in [5, 5.41) is 1.17. The second-order valence-corrected chi connectivity index (χ2v) is 6.49. The van der Waals surface area contributed by atoms with E-state index in [1.165, 1.54) is 22.3 Å². The van der Waals surface area contributed by atoms with Crippen LogP contribution in [0.1, 0.15) is 5.56 Å². The third-order valence-electron chi connectivity index (χ3n) is 4.86. The van der Waals surface area contributed by atoms with Gasteiger partial charge in [0.1, 0.15) is 0 Å². The van der Waals surface area contributed by atoms with Gasteiger partial charge in [-0.3, -0.25) is 0 Å². The van der Waals surface area contributed by atoms with Crippen LogP contribution in [0.5, 0.6) is 0 Å². The van der Waals surface area contributed by atoms with Crippen LogP contribution < -0.4 is 4.90 Å². The highest BCUT2D eigenvalue weighted by atomic mass is 15.1. The van der Waals surface area contributed by atoms with E-state index in [2.05, 4.69) is 95.9 Å². The number of benzene rings is 3. The lowest BCUT2D eigenvalue weighted by Crippen LogP contribution is -2.20. The molecule has 0 spiro atoms. The number of fused-ring (bicyclic) bond motifs is 3. The van der Waals surface area contributed by atoms with Gasteiger partial charge in [-0.1, -0.05) is 78.9 Å². The highest BCUT2D eigenvalue weighted by Gasteiger charge is 2.19. The summed E-state index contributed by atoms with van der Waals surface area (Å²) in [7, 11) is 0. The number of anilines is 2. The minimum absolute atomic E-state index is 0.855. The molecule has 2 heterocycles. The molecule has 1 aliphatic heterocycles. The Morgan fingerprint density at radius 3 is 2.27 bits per heavy atom. The summed E-state index contributed by atoms with van der Waals surface area (Å²) in [6.07, 6.45) is 4.41. The molecule has 0 radical (unpaired) electrons. The van der Waals surface area contributed by atoms with Crippen molar-refractivity contribution in [2.75, 3.05) is 11.4 Å². The fraction of sp³-hybridized carbons (Fsp3) is 0.0417. The van der Waals surface area contributed by atoms with Crippen molar-refractivity contribution in [3.05, 3.63) is 96.6 Å². The fourth-order valence-corrected chi connectivity index (χ4v) is 3.60. The Balaban J connectivity index is 1.75. The van der Waals surface area contributed by atoms with E-state index in [1.54, 1.807) is 0 Å². The molecule has 0 N–H and O–H groups in total. The van der Waals surface area contributed by atoms with Gasteiger partial charge >= 0.3 is 0 Å². The predicted molar refractivity (Wildman–Crippen MR) is 110 cm³/mol. The summed E-state index contributed by atoms with van der Waals surface area (Å²) in [4.78, 5) is 7.41. The van der Waals surface area contributed by atoms with Crippen LogP contribution in [0.25, 0.3) is 28.2 Å². The molecular formula is C24H18N2. The van der Waals surface area contributed by atoms with E-state index in [9.17, 15) is 0 Å². The molecule has 0 saturated carbocycles. The minimum Gasteiger partial charge on any atom is -0.335 e. The minimum atomic E-state index is 0.855. The summed E-state index contributed by atoms with van der Waals surface area (Å²) < 4.78 is 0. The normalized spacial score (nSPS) is 13.0. The van der Waals surface area contributed by atoms with Gasteiger partial charge in [-0.2, -0.15) is 0 Å². The largest absolute Gasteiger partial charge is 0.335 e. The molecule has 0 atom stereocenters. The lowest BCUT2D eigenvalue weighted by Gasteiger charge is -2.29. The van der Waals surface area contributed by atoms with E-state index in [0.29, 0.717) is 0 Å². The second-order valence-electron chi connectivity index (χ2n) is 6.49. The molecule has 3 aromatic carbocycles. The predicted octanol–water partition coefficient (Wildman–Crippen LogP) is 6.07. The van der Waals surface area contributed by atoms with Gasteiger partial charge < -0.3 is 4.90 Å². The second kappa shape index (κ2) is 6.16. The molecule has 0 bridgehead atoms. The van der Waals surface area contributed by atoms with E-state index in [0.717, 1.165) is 23.3 Å². The first-order valence-electron chi connectivity index (χ1n) is 8.88. The van der Waals surface area contributed by atoms with Crippen molar-refractivity contribution in [3.63, 3.8) is 0 Å². The van der Waals surface area contributed by atoms with Crippen LogP contribution >= 0.6 is 0 Å². The first kappa shape index (κ1) is 14.9. The first-order chi connectivity index (χ1) is 12.9. The molecule has 0 unspecified atom stereocenters. The van der Waals surface area contributed by atoms with Crippen molar-refractivity contribution < 1.29 is 0 Å². The van der Waals surface area contributed by atoms with Gasteiger partial charge in [0.2, 0.25) is 0 Å². The van der Waals surface area contributed by atoms with Crippen LogP contribution in [0.4, 0.5) is 11.4 Å². The van der Waals surface area contributed by atoms with Crippen molar-refractivity contribution in [2.24, 2.45) is 0 Å². The molecule has 2 heteroatoms. The van der Waals surface area contributed by atoms with Crippen molar-refractivity contribution >= 4 is 28.4 Å². The molecule has 5 rings (SSSR count). The number of aromatic nitrogens is 1. The van der Waals surface area contributed by atoms with E-state index in [-0.39, 0.29) is 0 Å². The molecule has 0 saturated heterocycles. The maximum atomic E-state index is 5.06. The van der Waals surface area contributed by atoms with Gasteiger partial charge in [0, 0.05) is 28.7 Å². The van der Waals surface area contributed by atoms with E-state index < -0.39 is 0 Å². The molecule has 1 aliphatic rings. The molecule has 0 amide bonds. The van der Waals surface area contributed by atoms with Crippen LogP contribution in [-0.4, -0.2) is 11.5 Å². The maximum Gasteiger partial charge on any atom is 0.0952 e. The SMILES string of the molecule is C1=Cc2ccc3ccc(-c4ccccc4)nc3c2N(c2ccccc2)C1. The fourth-order valence-electron chi connectivity index (χ4n) is 3.60. The van der Waals surface area contributed by atoms with Gasteiger partial charge in [0.15, 0.2) is 0 Å². The van der Waals surface area contributed by atoms with Crippen LogP contribution in [-0.2, 0) is 0 Å². The smallest absolute Gasteiger partial charge is 0.0952 e. The molecule has 2 nitrogen and oxygen atoms in total. The maximum absolute atomic E-state index is 5.06. The Hall–Kier alpha value is -3.39. The molecule has 26 heavy (non-hydrogen) atoms. The summed E-state index contributed by atoms with van der Waals surface area (Å²) in [5.41, 5.74) is 6.80. The summed E-state index contributed by atoms with van der Waals surface area (Å²) in [6, 6.07) is 29.5. The highest BCUT2D eigenvalue weighted by molar-refractivity contribution is 5.99. The molecule has 0 aliphatic carbocycles. The van der Waals surface area contributed by atoms with Gasteiger partial charge in [-0.05, 0) is 18.2 Å². The Labute approximate surface area is 153 Å². The van der Waals surface area contributed by atoms with Gasteiger partial charge in [0.25, 0.3) is 0 Å². The van der Waals surface area contributed by atoms with Crippen molar-refractivity contribution in [1.29, 1.82) is 0 Å². The van der Waals surface area contributed by atoms with Crippen LogP contribution in [0.3, 0.4) is 0 Å². The zero-order valence-corrected chi connectivity index (χ0v) is 14.3. The number of hydrogen-bond donors (Lipinski definition) is 0.